The average molecular weight is 529 g/mol. The second-order valence-corrected chi connectivity index (χ2v) is 9.32. The van der Waals surface area contributed by atoms with Crippen molar-refractivity contribution in [2.45, 2.75) is 0 Å². The zero-order valence-electron chi connectivity index (χ0n) is 20.8. The van der Waals surface area contributed by atoms with Crippen molar-refractivity contribution in [3.8, 4) is 22.5 Å². The fourth-order valence-corrected chi connectivity index (χ4v) is 4.96. The molecule has 1 heterocycles. The van der Waals surface area contributed by atoms with Gasteiger partial charge in [0.05, 0.1) is 5.56 Å². The van der Waals surface area contributed by atoms with E-state index in [0.717, 1.165) is 0 Å². The number of fused-ring (bicyclic) bond motifs is 4. The van der Waals surface area contributed by atoms with Gasteiger partial charge in [0.2, 0.25) is 0 Å². The summed E-state index contributed by atoms with van der Waals surface area (Å²) in [5.41, 5.74) is 3.06. The minimum Gasteiger partial charge on any atom is -0.478 e. The number of carboxylic acids is 1. The Morgan fingerprint density at radius 3 is 2.38 bits per heavy atom. The molecule has 0 fully saturated rings. The van der Waals surface area contributed by atoms with Gasteiger partial charge in [0.15, 0.2) is 5.43 Å². The SMILES string of the molecule is O=C(Nc1cccc(B(O)O)c1)c1ccc2c(ccc3c(-c4ccccc4C(=O)O)c4ccc(=O)cc-4oc32)c1. The molecule has 0 atom stereocenters. The lowest BCUT2D eigenvalue weighted by Crippen LogP contribution is -2.30. The van der Waals surface area contributed by atoms with Crippen molar-refractivity contribution in [1.29, 1.82) is 0 Å². The number of amides is 1. The Balaban J connectivity index is 1.52. The van der Waals surface area contributed by atoms with E-state index in [-0.39, 0.29) is 16.5 Å². The van der Waals surface area contributed by atoms with Crippen LogP contribution in [0, 0.1) is 0 Å². The zero-order chi connectivity index (χ0) is 28.0. The number of hydrogen-bond donors (Lipinski definition) is 4. The highest BCUT2D eigenvalue weighted by Crippen LogP contribution is 2.43. The van der Waals surface area contributed by atoms with Crippen LogP contribution in [0.5, 0.6) is 0 Å². The maximum Gasteiger partial charge on any atom is 0.488 e. The van der Waals surface area contributed by atoms with Crippen molar-refractivity contribution in [3.63, 3.8) is 0 Å². The molecule has 1 aliphatic carbocycles. The molecule has 4 aromatic carbocycles. The third kappa shape index (κ3) is 4.39. The first-order valence-corrected chi connectivity index (χ1v) is 12.3. The average Bonchev–Trinajstić information content (AvgIpc) is 2.95. The van der Waals surface area contributed by atoms with Crippen molar-refractivity contribution in [2.24, 2.45) is 0 Å². The lowest BCUT2D eigenvalue weighted by molar-refractivity contribution is 0.0697. The molecule has 9 heteroatoms. The molecular formula is C31H20BNO7. The van der Waals surface area contributed by atoms with Crippen molar-refractivity contribution in [2.75, 3.05) is 5.32 Å². The molecule has 4 aromatic rings. The second-order valence-electron chi connectivity index (χ2n) is 9.32. The van der Waals surface area contributed by atoms with E-state index in [0.29, 0.717) is 55.4 Å². The van der Waals surface area contributed by atoms with E-state index < -0.39 is 19.0 Å². The van der Waals surface area contributed by atoms with Gasteiger partial charge >= 0.3 is 13.1 Å². The fraction of sp³-hybridized carbons (Fsp3) is 0. The molecule has 2 aliphatic rings. The second kappa shape index (κ2) is 9.81. The Labute approximate surface area is 227 Å². The van der Waals surface area contributed by atoms with Crippen LogP contribution < -0.4 is 16.2 Å². The predicted octanol–water partition coefficient (Wildman–Crippen LogP) is 4.35. The molecule has 1 amide bonds. The Kier molecular flexibility index (Phi) is 6.15. The van der Waals surface area contributed by atoms with Crippen LogP contribution in [0.3, 0.4) is 0 Å². The molecule has 0 bridgehead atoms. The Morgan fingerprint density at radius 1 is 0.775 bits per heavy atom. The van der Waals surface area contributed by atoms with E-state index in [2.05, 4.69) is 5.32 Å². The van der Waals surface area contributed by atoms with Crippen molar-refractivity contribution >= 4 is 51.9 Å². The summed E-state index contributed by atoms with van der Waals surface area (Å²) in [6.07, 6.45) is 0. The topological polar surface area (TPSA) is 137 Å². The molecule has 6 rings (SSSR count). The van der Waals surface area contributed by atoms with Crippen LogP contribution in [-0.4, -0.2) is 34.1 Å². The zero-order valence-corrected chi connectivity index (χ0v) is 20.8. The quantitative estimate of drug-likeness (QED) is 0.148. The molecular weight excluding hydrogens is 509 g/mol. The molecule has 0 saturated carbocycles. The summed E-state index contributed by atoms with van der Waals surface area (Å²) in [7, 11) is -1.66. The van der Waals surface area contributed by atoms with Gasteiger partial charge < -0.3 is 24.9 Å². The fourth-order valence-electron chi connectivity index (χ4n) is 4.96. The van der Waals surface area contributed by atoms with Crippen LogP contribution in [0.25, 0.3) is 44.2 Å². The normalized spacial score (nSPS) is 11.2. The molecule has 0 unspecified atom stereocenters. The van der Waals surface area contributed by atoms with Gasteiger partial charge in [-0.1, -0.05) is 36.4 Å². The first-order chi connectivity index (χ1) is 19.3. The van der Waals surface area contributed by atoms with Crippen molar-refractivity contribution in [3.05, 3.63) is 118 Å². The van der Waals surface area contributed by atoms with Crippen LogP contribution >= 0.6 is 0 Å². The van der Waals surface area contributed by atoms with Gasteiger partial charge in [0.1, 0.15) is 11.3 Å². The van der Waals surface area contributed by atoms with Crippen LogP contribution in [0.1, 0.15) is 20.7 Å². The van der Waals surface area contributed by atoms with Crippen LogP contribution in [-0.2, 0) is 0 Å². The number of carbonyl (C=O) groups excluding carboxylic acids is 1. The smallest absolute Gasteiger partial charge is 0.478 e. The maximum absolute atomic E-state index is 13.0. The molecule has 0 radical (unpaired) electrons. The van der Waals surface area contributed by atoms with Gasteiger partial charge in [-0.15, -0.1) is 0 Å². The molecule has 194 valence electrons. The molecule has 0 spiro atoms. The van der Waals surface area contributed by atoms with Gasteiger partial charge in [0.25, 0.3) is 5.91 Å². The van der Waals surface area contributed by atoms with Crippen molar-refractivity contribution < 1.29 is 29.2 Å². The molecule has 4 N–H and O–H groups in total. The van der Waals surface area contributed by atoms with Crippen LogP contribution in [0.2, 0.25) is 0 Å². The number of carboxylic acid groups (broad SMARTS) is 1. The lowest BCUT2D eigenvalue weighted by atomic mass is 9.80. The van der Waals surface area contributed by atoms with Gasteiger partial charge in [-0.25, -0.2) is 4.79 Å². The first kappa shape index (κ1) is 25.1. The van der Waals surface area contributed by atoms with Crippen LogP contribution in [0.4, 0.5) is 5.69 Å². The number of nitrogens with one attached hydrogen (secondary N) is 1. The number of rotatable bonds is 5. The standard InChI is InChI=1S/C31H20BNO7/c34-21-10-13-25-27(16-21)40-29-22-11-9-18(30(35)33-20-5-3-4-19(15-20)32(38)39)14-17(22)8-12-26(29)28(25)23-6-1-2-7-24(23)31(36)37/h1-16,38-39H,(H,33,35)(H,36,37). The maximum atomic E-state index is 13.0. The van der Waals surface area contributed by atoms with Crippen molar-refractivity contribution in [1.82, 2.24) is 0 Å². The minimum absolute atomic E-state index is 0.118. The third-order valence-corrected chi connectivity index (χ3v) is 6.81. The number of benzene rings is 5. The molecule has 40 heavy (non-hydrogen) atoms. The Bertz CT molecular complexity index is 2000. The minimum atomic E-state index is -1.66. The highest BCUT2D eigenvalue weighted by atomic mass is 16.4. The molecule has 0 saturated heterocycles. The molecule has 8 nitrogen and oxygen atoms in total. The van der Waals surface area contributed by atoms with E-state index in [1.165, 1.54) is 30.3 Å². The number of hydrogen-bond acceptors (Lipinski definition) is 6. The lowest BCUT2D eigenvalue weighted by Gasteiger charge is -2.17. The van der Waals surface area contributed by atoms with Gasteiger partial charge in [0, 0.05) is 39.2 Å². The van der Waals surface area contributed by atoms with Gasteiger partial charge in [-0.05, 0) is 71.0 Å². The largest absolute Gasteiger partial charge is 0.488 e. The Morgan fingerprint density at radius 2 is 1.57 bits per heavy atom. The molecule has 0 aromatic heterocycles. The van der Waals surface area contributed by atoms with Gasteiger partial charge in [-0.2, -0.15) is 0 Å². The summed E-state index contributed by atoms with van der Waals surface area (Å²) in [5, 5.41) is 33.5. The summed E-state index contributed by atoms with van der Waals surface area (Å²) in [5.74, 6) is -1.15. The third-order valence-electron chi connectivity index (χ3n) is 6.81. The highest BCUT2D eigenvalue weighted by molar-refractivity contribution is 6.58. The summed E-state index contributed by atoms with van der Waals surface area (Å²) < 4.78 is 6.24. The van der Waals surface area contributed by atoms with Gasteiger partial charge in [-0.3, -0.25) is 9.59 Å². The van der Waals surface area contributed by atoms with E-state index in [1.807, 2.05) is 12.1 Å². The number of anilines is 1. The van der Waals surface area contributed by atoms with E-state index in [1.54, 1.807) is 54.6 Å². The summed E-state index contributed by atoms with van der Waals surface area (Å²) in [6.45, 7) is 0. The summed E-state index contributed by atoms with van der Waals surface area (Å²) in [6, 6.07) is 26.1. The summed E-state index contributed by atoms with van der Waals surface area (Å²) >= 11 is 0. The van der Waals surface area contributed by atoms with E-state index in [4.69, 9.17) is 4.42 Å². The predicted molar refractivity (Wildman–Crippen MR) is 153 cm³/mol. The number of carbonyl (C=O) groups is 2. The summed E-state index contributed by atoms with van der Waals surface area (Å²) in [4.78, 5) is 37.3. The molecule has 1 aliphatic heterocycles. The van der Waals surface area contributed by atoms with Crippen LogP contribution in [0.15, 0.2) is 106 Å². The number of aromatic carboxylic acids is 1. The monoisotopic (exact) mass is 529 g/mol. The van der Waals surface area contributed by atoms with E-state index >= 15 is 0 Å². The van der Waals surface area contributed by atoms with E-state index in [9.17, 15) is 29.5 Å². The Hall–Kier alpha value is -5.25. The first-order valence-electron chi connectivity index (χ1n) is 12.3. The highest BCUT2D eigenvalue weighted by Gasteiger charge is 2.22.